The van der Waals surface area contributed by atoms with Gasteiger partial charge in [-0.05, 0) is 44.8 Å². The second-order valence-electron chi connectivity index (χ2n) is 6.06. The van der Waals surface area contributed by atoms with E-state index in [0.29, 0.717) is 6.61 Å². The molecule has 0 amide bonds. The number of esters is 1. The Morgan fingerprint density at radius 3 is 2.47 bits per heavy atom. The maximum Gasteiger partial charge on any atom is 0.324 e. The van der Waals surface area contributed by atoms with Crippen LogP contribution in [0.1, 0.15) is 19.8 Å². The number of nitrogens with zero attached hydrogens (tertiary/aromatic N) is 1. The molecule has 1 fully saturated rings. The molecule has 92 valence electrons. The first-order valence-corrected chi connectivity index (χ1v) is 9.64. The summed E-state index contributed by atoms with van der Waals surface area (Å²) in [6.07, 6.45) is 11.3. The molecule has 0 bridgehead atoms. The normalized spacial score (nSPS) is 25.9. The lowest BCUT2D eigenvalue weighted by Crippen LogP contribution is -2.43. The van der Waals surface area contributed by atoms with Gasteiger partial charge in [-0.25, -0.2) is 0 Å². The van der Waals surface area contributed by atoms with Crippen LogP contribution in [0.15, 0.2) is 0 Å². The van der Waals surface area contributed by atoms with E-state index in [9.17, 15) is 4.79 Å². The maximum atomic E-state index is 11.8. The molecule has 1 aliphatic rings. The van der Waals surface area contributed by atoms with Crippen LogP contribution in [0.25, 0.3) is 0 Å². The van der Waals surface area contributed by atoms with Crippen molar-refractivity contribution in [2.75, 3.05) is 38.2 Å². The van der Waals surface area contributed by atoms with Gasteiger partial charge in [0.05, 0.1) is 6.61 Å². The van der Waals surface area contributed by atoms with Crippen molar-refractivity contribution >= 4 is 15.3 Å². The average molecular weight is 235 g/mol. The minimum Gasteiger partial charge on any atom is -0.465 e. The second kappa shape index (κ2) is 3.98. The standard InChI is InChI=1S/C11H25NO2S/c1-6-14-11(13)10-8-7-9-12(10)15(2,3,4)5/h10,15H,6-9H2,1-5H3. The maximum absolute atomic E-state index is 11.8. The van der Waals surface area contributed by atoms with E-state index >= 15 is 0 Å². The summed E-state index contributed by atoms with van der Waals surface area (Å²) in [6, 6.07) is 0.00705. The summed E-state index contributed by atoms with van der Waals surface area (Å²) in [6.45, 7) is 3.40. The first-order chi connectivity index (χ1) is 6.72. The first kappa shape index (κ1) is 12.8. The highest BCUT2D eigenvalue weighted by Crippen LogP contribution is 2.61. The third kappa shape index (κ3) is 3.11. The Kier molecular flexibility index (Phi) is 3.41. The SMILES string of the molecule is CCOC(=O)C1CCCN1[SH](C)(C)(C)C. The van der Waals surface area contributed by atoms with Crippen LogP contribution in [0.2, 0.25) is 0 Å². The molecular weight excluding hydrogens is 210 g/mol. The summed E-state index contributed by atoms with van der Waals surface area (Å²) in [4.78, 5) is 11.8. The Labute approximate surface area is 93.6 Å². The Bertz CT molecular complexity index is 248. The third-order valence-electron chi connectivity index (χ3n) is 2.81. The van der Waals surface area contributed by atoms with E-state index in [0.717, 1.165) is 19.4 Å². The fourth-order valence-corrected chi connectivity index (χ4v) is 4.45. The van der Waals surface area contributed by atoms with E-state index in [1.807, 2.05) is 6.92 Å². The molecule has 1 unspecified atom stereocenters. The van der Waals surface area contributed by atoms with E-state index in [1.54, 1.807) is 0 Å². The molecule has 1 rings (SSSR count). The van der Waals surface area contributed by atoms with Gasteiger partial charge in [-0.3, -0.25) is 18.4 Å². The van der Waals surface area contributed by atoms with Crippen molar-refractivity contribution in [3.05, 3.63) is 0 Å². The van der Waals surface area contributed by atoms with E-state index in [1.165, 1.54) is 0 Å². The zero-order chi connectivity index (χ0) is 11.7. The van der Waals surface area contributed by atoms with Crippen molar-refractivity contribution in [1.29, 1.82) is 0 Å². The predicted octanol–water partition coefficient (Wildman–Crippen LogP) is 1.52. The van der Waals surface area contributed by atoms with Gasteiger partial charge >= 0.3 is 5.97 Å². The van der Waals surface area contributed by atoms with Crippen LogP contribution in [-0.4, -0.2) is 54.5 Å². The van der Waals surface area contributed by atoms with Gasteiger partial charge in [0.2, 0.25) is 0 Å². The number of thiol groups is 1. The summed E-state index contributed by atoms with van der Waals surface area (Å²) >= 11 is 0. The van der Waals surface area contributed by atoms with E-state index in [4.69, 9.17) is 4.74 Å². The molecule has 0 spiro atoms. The lowest BCUT2D eigenvalue weighted by Gasteiger charge is -2.57. The summed E-state index contributed by atoms with van der Waals surface area (Å²) in [7, 11) is -1.81. The van der Waals surface area contributed by atoms with Gasteiger partial charge in [0.1, 0.15) is 6.04 Å². The molecule has 0 N–H and O–H groups in total. The molecule has 0 aromatic rings. The van der Waals surface area contributed by atoms with Crippen LogP contribution in [0, 0.1) is 0 Å². The van der Waals surface area contributed by atoms with E-state index in [-0.39, 0.29) is 12.0 Å². The fraction of sp³-hybridized carbons (Fsp3) is 0.909. The summed E-state index contributed by atoms with van der Waals surface area (Å²) in [5.41, 5.74) is 0. The highest BCUT2D eigenvalue weighted by molar-refractivity contribution is 8.45. The molecule has 0 aromatic carbocycles. The molecule has 4 heteroatoms. The Balaban J connectivity index is 2.78. The first-order valence-electron chi connectivity index (χ1n) is 5.66. The molecule has 1 atom stereocenters. The quantitative estimate of drug-likeness (QED) is 0.594. The monoisotopic (exact) mass is 235 g/mol. The van der Waals surface area contributed by atoms with Crippen molar-refractivity contribution in [2.45, 2.75) is 25.8 Å². The largest absolute Gasteiger partial charge is 0.465 e. The van der Waals surface area contributed by atoms with Gasteiger partial charge in [-0.1, -0.05) is 0 Å². The van der Waals surface area contributed by atoms with Crippen molar-refractivity contribution in [3.8, 4) is 0 Å². The van der Waals surface area contributed by atoms with Gasteiger partial charge in [-0.2, -0.15) is 0 Å². The van der Waals surface area contributed by atoms with Crippen molar-refractivity contribution in [2.24, 2.45) is 0 Å². The Hall–Kier alpha value is -0.220. The molecule has 1 saturated heterocycles. The molecule has 0 aliphatic carbocycles. The fourth-order valence-electron chi connectivity index (χ4n) is 2.19. The Morgan fingerprint density at radius 1 is 1.40 bits per heavy atom. The second-order valence-corrected chi connectivity index (χ2v) is 13.5. The van der Waals surface area contributed by atoms with Gasteiger partial charge in [0, 0.05) is 6.54 Å². The summed E-state index contributed by atoms with van der Waals surface area (Å²) < 4.78 is 7.53. The number of carbonyl (C=O) groups excluding carboxylic acids is 1. The molecule has 3 nitrogen and oxygen atoms in total. The molecular formula is C11H25NO2S. The highest BCUT2D eigenvalue weighted by atomic mass is 32.3. The van der Waals surface area contributed by atoms with Gasteiger partial charge in [0.15, 0.2) is 0 Å². The van der Waals surface area contributed by atoms with Crippen LogP contribution < -0.4 is 0 Å². The van der Waals surface area contributed by atoms with Crippen molar-refractivity contribution in [1.82, 2.24) is 4.31 Å². The minimum atomic E-state index is -1.81. The Morgan fingerprint density at radius 2 is 2.00 bits per heavy atom. The van der Waals surface area contributed by atoms with Crippen molar-refractivity contribution in [3.63, 3.8) is 0 Å². The van der Waals surface area contributed by atoms with Crippen LogP contribution in [-0.2, 0) is 9.53 Å². The third-order valence-corrected chi connectivity index (χ3v) is 5.34. The van der Waals surface area contributed by atoms with Gasteiger partial charge < -0.3 is 4.74 Å². The van der Waals surface area contributed by atoms with Crippen LogP contribution in [0.4, 0.5) is 0 Å². The van der Waals surface area contributed by atoms with Gasteiger partial charge in [-0.15, -0.1) is 0 Å². The van der Waals surface area contributed by atoms with E-state index in [2.05, 4.69) is 29.3 Å². The van der Waals surface area contributed by atoms with Crippen LogP contribution >= 0.6 is 9.35 Å². The topological polar surface area (TPSA) is 29.5 Å². The zero-order valence-corrected chi connectivity index (χ0v) is 11.5. The minimum absolute atomic E-state index is 0.00705. The number of hydrogen-bond donors (Lipinski definition) is 1. The zero-order valence-electron chi connectivity index (χ0n) is 10.6. The number of hydrogen-bond acceptors (Lipinski definition) is 3. The van der Waals surface area contributed by atoms with E-state index < -0.39 is 9.35 Å². The number of rotatable bonds is 3. The van der Waals surface area contributed by atoms with Crippen LogP contribution in [0.3, 0.4) is 0 Å². The molecule has 1 heterocycles. The summed E-state index contributed by atoms with van der Waals surface area (Å²) in [5, 5.41) is 0. The molecule has 0 saturated carbocycles. The molecule has 0 radical (unpaired) electrons. The predicted molar refractivity (Wildman–Crippen MR) is 69.0 cm³/mol. The number of ether oxygens (including phenoxy) is 1. The summed E-state index contributed by atoms with van der Waals surface area (Å²) in [5.74, 6) is -0.0311. The average Bonchev–Trinajstić information content (AvgIpc) is 2.49. The lowest BCUT2D eigenvalue weighted by atomic mass is 10.2. The lowest BCUT2D eigenvalue weighted by molar-refractivity contribution is -0.146. The van der Waals surface area contributed by atoms with Crippen molar-refractivity contribution < 1.29 is 9.53 Å². The highest BCUT2D eigenvalue weighted by Gasteiger charge is 2.40. The number of carbonyl (C=O) groups is 1. The molecule has 1 aliphatic heterocycles. The van der Waals surface area contributed by atoms with Gasteiger partial charge in [0.25, 0.3) is 0 Å². The molecule has 15 heavy (non-hydrogen) atoms. The smallest absolute Gasteiger partial charge is 0.324 e. The molecule has 0 aromatic heterocycles. The van der Waals surface area contributed by atoms with Crippen LogP contribution in [0.5, 0.6) is 0 Å².